The van der Waals surface area contributed by atoms with Crippen LogP contribution < -0.4 is 15.5 Å². The minimum Gasteiger partial charge on any atom is -0.484 e. The van der Waals surface area contributed by atoms with Crippen molar-refractivity contribution in [1.82, 2.24) is 10.2 Å². The molecule has 0 unspecified atom stereocenters. The molecule has 1 heterocycles. The van der Waals surface area contributed by atoms with E-state index >= 15 is 0 Å². The second kappa shape index (κ2) is 7.84. The summed E-state index contributed by atoms with van der Waals surface area (Å²) in [5.74, 6) is -0.834. The molecule has 34 heavy (non-hydrogen) atoms. The van der Waals surface area contributed by atoms with E-state index in [-0.39, 0.29) is 35.0 Å². The molecule has 0 aliphatic heterocycles. The van der Waals surface area contributed by atoms with Crippen LogP contribution in [0.15, 0.2) is 51.7 Å². The first kappa shape index (κ1) is 22.4. The molecule has 1 aromatic heterocycles. The van der Waals surface area contributed by atoms with E-state index in [0.717, 1.165) is 0 Å². The van der Waals surface area contributed by atoms with Crippen molar-refractivity contribution >= 4 is 34.4 Å². The van der Waals surface area contributed by atoms with Gasteiger partial charge in [0.25, 0.3) is 11.8 Å². The van der Waals surface area contributed by atoms with Gasteiger partial charge in [0.15, 0.2) is 17.8 Å². The van der Waals surface area contributed by atoms with E-state index < -0.39 is 17.3 Å². The SMILES string of the molecule is Cc1ccc(OCC(=O)NC23CC(N(C)C(=O)c4cc(=O)c5cc(Cl)ccc5o4)(C2)C3)cc1F. The molecular formula is C25H22ClFN2O5. The van der Waals surface area contributed by atoms with Gasteiger partial charge < -0.3 is 19.4 Å². The van der Waals surface area contributed by atoms with Crippen molar-refractivity contribution in [3.05, 3.63) is 74.9 Å². The lowest BCUT2D eigenvalue weighted by Crippen LogP contribution is -2.83. The quantitative estimate of drug-likeness (QED) is 0.574. The molecule has 3 aliphatic carbocycles. The van der Waals surface area contributed by atoms with Gasteiger partial charge >= 0.3 is 0 Å². The van der Waals surface area contributed by atoms with Crippen LogP contribution in [0.25, 0.3) is 11.0 Å². The monoisotopic (exact) mass is 484 g/mol. The second-order valence-electron chi connectivity index (χ2n) is 9.26. The minimum atomic E-state index is -0.391. The molecule has 0 saturated heterocycles. The highest BCUT2D eigenvalue weighted by atomic mass is 35.5. The lowest BCUT2D eigenvalue weighted by molar-refractivity contribution is -0.165. The number of benzene rings is 2. The fourth-order valence-corrected chi connectivity index (χ4v) is 5.15. The average molecular weight is 485 g/mol. The Labute approximate surface area is 199 Å². The Morgan fingerprint density at radius 3 is 2.62 bits per heavy atom. The number of carbonyl (C=O) groups excluding carboxylic acids is 2. The maximum atomic E-state index is 13.6. The molecule has 1 N–H and O–H groups in total. The van der Waals surface area contributed by atoms with Gasteiger partial charge in [0.1, 0.15) is 17.1 Å². The van der Waals surface area contributed by atoms with Crippen molar-refractivity contribution in [2.45, 2.75) is 37.3 Å². The van der Waals surface area contributed by atoms with E-state index in [4.69, 9.17) is 20.8 Å². The summed E-state index contributed by atoms with van der Waals surface area (Å²) >= 11 is 5.94. The highest BCUT2D eigenvalue weighted by molar-refractivity contribution is 6.31. The van der Waals surface area contributed by atoms with Gasteiger partial charge in [-0.2, -0.15) is 0 Å². The maximum absolute atomic E-state index is 13.6. The number of fused-ring (bicyclic) bond motifs is 1. The first-order chi connectivity index (χ1) is 16.1. The summed E-state index contributed by atoms with van der Waals surface area (Å²) < 4.78 is 24.7. The van der Waals surface area contributed by atoms with Gasteiger partial charge in [-0.1, -0.05) is 17.7 Å². The summed E-state index contributed by atoms with van der Waals surface area (Å²) in [6, 6.07) is 10.3. The normalized spacial score (nSPS) is 22.5. The van der Waals surface area contributed by atoms with Crippen LogP contribution in [0.1, 0.15) is 35.4 Å². The van der Waals surface area contributed by atoms with Crippen molar-refractivity contribution in [1.29, 1.82) is 0 Å². The molecule has 3 aromatic rings. The zero-order chi connectivity index (χ0) is 24.3. The van der Waals surface area contributed by atoms with Gasteiger partial charge in [0.2, 0.25) is 0 Å². The molecule has 6 rings (SSSR count). The van der Waals surface area contributed by atoms with Gasteiger partial charge in [-0.25, -0.2) is 4.39 Å². The predicted octanol–water partition coefficient (Wildman–Crippen LogP) is 3.84. The topological polar surface area (TPSA) is 88.9 Å². The maximum Gasteiger partial charge on any atom is 0.289 e. The molecule has 2 bridgehead atoms. The van der Waals surface area contributed by atoms with Crippen molar-refractivity contribution in [3.63, 3.8) is 0 Å². The van der Waals surface area contributed by atoms with E-state index in [1.807, 2.05) is 0 Å². The van der Waals surface area contributed by atoms with Gasteiger partial charge in [0.05, 0.1) is 5.39 Å². The number of amides is 2. The predicted molar refractivity (Wildman–Crippen MR) is 124 cm³/mol. The first-order valence-electron chi connectivity index (χ1n) is 10.8. The summed E-state index contributed by atoms with van der Waals surface area (Å²) in [4.78, 5) is 39.4. The van der Waals surface area contributed by atoms with Crippen LogP contribution in [-0.2, 0) is 4.79 Å². The highest BCUT2D eigenvalue weighted by Crippen LogP contribution is 2.63. The minimum absolute atomic E-state index is 0.0381. The first-order valence-corrected chi connectivity index (χ1v) is 11.2. The molecule has 0 spiro atoms. The molecule has 9 heteroatoms. The second-order valence-corrected chi connectivity index (χ2v) is 9.70. The highest BCUT2D eigenvalue weighted by Gasteiger charge is 2.71. The van der Waals surface area contributed by atoms with Crippen LogP contribution >= 0.6 is 11.6 Å². The summed E-state index contributed by atoms with van der Waals surface area (Å²) in [7, 11) is 1.67. The number of aryl methyl sites for hydroxylation is 1. The lowest BCUT2D eigenvalue weighted by atomic mass is 9.43. The van der Waals surface area contributed by atoms with E-state index in [1.54, 1.807) is 43.1 Å². The number of hydrogen-bond acceptors (Lipinski definition) is 5. The van der Waals surface area contributed by atoms with E-state index in [2.05, 4.69) is 5.32 Å². The van der Waals surface area contributed by atoms with Crippen molar-refractivity contribution < 1.29 is 23.1 Å². The Balaban J connectivity index is 1.19. The van der Waals surface area contributed by atoms with Crippen molar-refractivity contribution in [2.24, 2.45) is 0 Å². The van der Waals surface area contributed by atoms with E-state index in [1.165, 1.54) is 18.2 Å². The Bertz CT molecular complexity index is 1380. The number of ether oxygens (including phenoxy) is 1. The summed E-state index contributed by atoms with van der Waals surface area (Å²) in [6.45, 7) is 1.42. The van der Waals surface area contributed by atoms with E-state index in [0.29, 0.717) is 40.8 Å². The largest absolute Gasteiger partial charge is 0.484 e. The fourth-order valence-electron chi connectivity index (χ4n) is 4.98. The van der Waals surface area contributed by atoms with Gasteiger partial charge in [-0.3, -0.25) is 14.4 Å². The third-order valence-corrected chi connectivity index (χ3v) is 7.07. The zero-order valence-electron chi connectivity index (χ0n) is 18.6. The van der Waals surface area contributed by atoms with Crippen LogP contribution in [0.3, 0.4) is 0 Å². The molecule has 3 saturated carbocycles. The molecule has 3 fully saturated rings. The van der Waals surface area contributed by atoms with Crippen LogP contribution in [0.2, 0.25) is 5.02 Å². The van der Waals surface area contributed by atoms with Crippen LogP contribution in [-0.4, -0.2) is 41.4 Å². The van der Waals surface area contributed by atoms with Gasteiger partial charge in [0, 0.05) is 35.3 Å². The Morgan fingerprint density at radius 2 is 1.91 bits per heavy atom. The molecule has 2 amide bonds. The summed E-state index contributed by atoms with van der Waals surface area (Å²) in [6.07, 6.45) is 1.79. The smallest absolute Gasteiger partial charge is 0.289 e. The number of halogens is 2. The van der Waals surface area contributed by atoms with Crippen molar-refractivity contribution in [3.8, 4) is 5.75 Å². The number of nitrogens with one attached hydrogen (secondary N) is 1. The number of nitrogens with zero attached hydrogens (tertiary/aromatic N) is 1. The fraction of sp³-hybridized carbons (Fsp3) is 0.320. The lowest BCUT2D eigenvalue weighted by Gasteiger charge is -2.72. The van der Waals surface area contributed by atoms with Gasteiger partial charge in [-0.15, -0.1) is 0 Å². The zero-order valence-corrected chi connectivity index (χ0v) is 19.4. The van der Waals surface area contributed by atoms with Crippen LogP contribution in [0.5, 0.6) is 5.75 Å². The Hall–Kier alpha value is -3.39. The molecule has 0 radical (unpaired) electrons. The Kier molecular flexibility index (Phi) is 5.16. The Morgan fingerprint density at radius 1 is 1.18 bits per heavy atom. The third kappa shape index (κ3) is 3.72. The standard InChI is InChI=1S/C25H22ClFN2O5/c1-14-3-5-16(8-18(14)27)33-10-22(31)28-24-11-25(12-24,13-24)29(2)23(32)21-9-19(30)17-7-15(26)4-6-20(17)34-21/h3-9H,10-13H2,1-2H3,(H,28,31). The van der Waals surface area contributed by atoms with Crippen LogP contribution in [0.4, 0.5) is 4.39 Å². The molecule has 0 atom stereocenters. The van der Waals surface area contributed by atoms with Crippen molar-refractivity contribution in [2.75, 3.05) is 13.7 Å². The molecular weight excluding hydrogens is 463 g/mol. The number of carbonyl (C=O) groups is 2. The molecule has 7 nitrogen and oxygen atoms in total. The van der Waals surface area contributed by atoms with Gasteiger partial charge in [-0.05, 0) is 56.0 Å². The van der Waals surface area contributed by atoms with E-state index in [9.17, 15) is 18.8 Å². The molecule has 2 aromatic carbocycles. The number of rotatable bonds is 6. The number of hydrogen-bond donors (Lipinski definition) is 1. The summed E-state index contributed by atoms with van der Waals surface area (Å²) in [5, 5.41) is 3.70. The third-order valence-electron chi connectivity index (χ3n) is 6.84. The molecule has 176 valence electrons. The molecule has 3 aliphatic rings. The van der Waals surface area contributed by atoms with Crippen LogP contribution in [0, 0.1) is 12.7 Å². The average Bonchev–Trinajstić information content (AvgIpc) is 2.75. The summed E-state index contributed by atoms with van der Waals surface area (Å²) in [5.41, 5.74) is -0.312.